The highest BCUT2D eigenvalue weighted by molar-refractivity contribution is 5.95. The molecule has 32 heavy (non-hydrogen) atoms. The van der Waals surface area contributed by atoms with Gasteiger partial charge in [0, 0.05) is 30.6 Å². The lowest BCUT2D eigenvalue weighted by atomic mass is 10.0. The van der Waals surface area contributed by atoms with Crippen LogP contribution in [0.4, 0.5) is 4.39 Å². The van der Waals surface area contributed by atoms with Crippen molar-refractivity contribution in [1.82, 2.24) is 39.9 Å². The Balaban J connectivity index is 1.51. The number of aromatic amines is 2. The molecule has 0 fully saturated rings. The molecule has 0 aliphatic heterocycles. The Labute approximate surface area is 181 Å². The quantitative estimate of drug-likeness (QED) is 0.438. The van der Waals surface area contributed by atoms with E-state index in [1.807, 2.05) is 44.4 Å². The summed E-state index contributed by atoms with van der Waals surface area (Å²) < 4.78 is 15.8. The average molecular weight is 424 g/mol. The van der Waals surface area contributed by atoms with E-state index < -0.39 is 0 Å². The van der Waals surface area contributed by atoms with E-state index in [0.717, 1.165) is 33.5 Å². The molecule has 0 saturated carbocycles. The number of fused-ring (bicyclic) bond motifs is 2. The summed E-state index contributed by atoms with van der Waals surface area (Å²) in [6.45, 7) is 1.87. The molecule has 0 aliphatic rings. The highest BCUT2D eigenvalue weighted by Gasteiger charge is 2.18. The molecule has 6 rings (SSSR count). The van der Waals surface area contributed by atoms with Gasteiger partial charge in [0.15, 0.2) is 17.2 Å². The summed E-state index contributed by atoms with van der Waals surface area (Å²) in [5.41, 5.74) is 7.44. The maximum Gasteiger partial charge on any atom is 0.178 e. The number of nitrogens with one attached hydrogen (secondary N) is 2. The van der Waals surface area contributed by atoms with Crippen molar-refractivity contribution < 1.29 is 4.39 Å². The van der Waals surface area contributed by atoms with Gasteiger partial charge in [0.2, 0.25) is 0 Å². The molecule has 2 N–H and O–H groups in total. The van der Waals surface area contributed by atoms with E-state index in [4.69, 9.17) is 4.98 Å². The number of benzene rings is 1. The fraction of sp³-hybridized carbons (Fsp3) is 0.0870. The summed E-state index contributed by atoms with van der Waals surface area (Å²) in [5.74, 6) is 0.255. The fourth-order valence-corrected chi connectivity index (χ4v) is 3.93. The summed E-state index contributed by atoms with van der Waals surface area (Å²) in [5, 5.41) is 11.7. The smallest absolute Gasteiger partial charge is 0.178 e. The van der Waals surface area contributed by atoms with E-state index >= 15 is 0 Å². The predicted molar refractivity (Wildman–Crippen MR) is 119 cm³/mol. The van der Waals surface area contributed by atoms with Gasteiger partial charge in [-0.1, -0.05) is 6.07 Å². The first-order valence-corrected chi connectivity index (χ1v) is 10.0. The Morgan fingerprint density at radius 2 is 1.94 bits per heavy atom. The van der Waals surface area contributed by atoms with Crippen molar-refractivity contribution >= 4 is 22.2 Å². The minimum absolute atomic E-state index is 0.282. The first kappa shape index (κ1) is 18.4. The molecule has 5 heterocycles. The molecule has 5 aromatic heterocycles. The molecule has 6 aromatic rings. The van der Waals surface area contributed by atoms with Crippen LogP contribution in [0.25, 0.3) is 56.1 Å². The third-order valence-electron chi connectivity index (χ3n) is 5.38. The van der Waals surface area contributed by atoms with Crippen LogP contribution in [0.1, 0.15) is 5.56 Å². The van der Waals surface area contributed by atoms with Gasteiger partial charge in [0.1, 0.15) is 11.3 Å². The molecule has 0 unspecified atom stereocenters. The van der Waals surface area contributed by atoms with Crippen LogP contribution in [0.2, 0.25) is 0 Å². The zero-order valence-corrected chi connectivity index (χ0v) is 17.3. The van der Waals surface area contributed by atoms with Crippen molar-refractivity contribution in [2.24, 2.45) is 7.05 Å². The minimum atomic E-state index is -0.282. The molecule has 156 valence electrons. The van der Waals surface area contributed by atoms with Gasteiger partial charge in [-0.15, -0.1) is 0 Å². The van der Waals surface area contributed by atoms with Gasteiger partial charge in [-0.3, -0.25) is 9.78 Å². The third kappa shape index (κ3) is 2.94. The van der Waals surface area contributed by atoms with Crippen LogP contribution < -0.4 is 0 Å². The van der Waals surface area contributed by atoms with Crippen LogP contribution in [-0.4, -0.2) is 39.9 Å². The Hall–Kier alpha value is -4.40. The minimum Gasteiger partial charge on any atom is -0.335 e. The lowest BCUT2D eigenvalue weighted by molar-refractivity contribution is 0.627. The van der Waals surface area contributed by atoms with Crippen molar-refractivity contribution in [3.8, 4) is 33.9 Å². The molecule has 9 heteroatoms. The van der Waals surface area contributed by atoms with Crippen LogP contribution >= 0.6 is 0 Å². The molecule has 8 nitrogen and oxygen atoms in total. The van der Waals surface area contributed by atoms with Gasteiger partial charge in [-0.2, -0.15) is 10.2 Å². The van der Waals surface area contributed by atoms with Crippen molar-refractivity contribution in [1.29, 1.82) is 0 Å². The maximum absolute atomic E-state index is 14.0. The van der Waals surface area contributed by atoms with Gasteiger partial charge >= 0.3 is 0 Å². The maximum atomic E-state index is 14.0. The number of nitrogens with zero attached hydrogens (tertiary/aromatic N) is 6. The number of H-pyrrole nitrogens is 2. The third-order valence-corrected chi connectivity index (χ3v) is 5.38. The highest BCUT2D eigenvalue weighted by atomic mass is 19.1. The first-order valence-electron chi connectivity index (χ1n) is 10.0. The molecule has 0 amide bonds. The van der Waals surface area contributed by atoms with Crippen LogP contribution in [0.3, 0.4) is 0 Å². The number of hydrogen-bond donors (Lipinski definition) is 2. The molecular weight excluding hydrogens is 407 g/mol. The monoisotopic (exact) mass is 424 g/mol. The Kier molecular flexibility index (Phi) is 3.91. The van der Waals surface area contributed by atoms with Crippen LogP contribution in [0.15, 0.2) is 55.0 Å². The van der Waals surface area contributed by atoms with E-state index in [1.165, 1.54) is 12.1 Å². The number of aryl methyl sites for hydroxylation is 2. The lowest BCUT2D eigenvalue weighted by Crippen LogP contribution is -1.87. The summed E-state index contributed by atoms with van der Waals surface area (Å²) >= 11 is 0. The first-order chi connectivity index (χ1) is 15.5. The van der Waals surface area contributed by atoms with Gasteiger partial charge in [0.25, 0.3) is 0 Å². The van der Waals surface area contributed by atoms with E-state index in [-0.39, 0.29) is 5.82 Å². The topological polar surface area (TPSA) is 101 Å². The van der Waals surface area contributed by atoms with E-state index in [9.17, 15) is 4.39 Å². The van der Waals surface area contributed by atoms with E-state index in [1.54, 1.807) is 17.1 Å². The second kappa shape index (κ2) is 6.81. The zero-order valence-electron chi connectivity index (χ0n) is 17.3. The van der Waals surface area contributed by atoms with Gasteiger partial charge in [-0.25, -0.2) is 19.3 Å². The second-order valence-corrected chi connectivity index (χ2v) is 7.73. The van der Waals surface area contributed by atoms with E-state index in [0.29, 0.717) is 28.2 Å². The van der Waals surface area contributed by atoms with E-state index in [2.05, 4.69) is 30.2 Å². The predicted octanol–water partition coefficient (Wildman–Crippen LogP) is 4.41. The average Bonchev–Trinajstić information content (AvgIpc) is 3.49. The summed E-state index contributed by atoms with van der Waals surface area (Å²) in [6, 6.07) is 10.6. The fourth-order valence-electron chi connectivity index (χ4n) is 3.93. The standard InChI is InChI=1S/C23H17FN8/c1-12-7-13(9-15(24)8-12)16-5-6-25-22-19(16)28-23(29-22)21-20-18(30-31-21)4-3-17(27-20)14-10-26-32(2)11-14/h3-11H,1-2H3,(H,30,31)(H,25,28,29). The molecule has 1 aromatic carbocycles. The van der Waals surface area contributed by atoms with Gasteiger partial charge < -0.3 is 4.98 Å². The molecular formula is C23H17FN8. The number of imidazole rings is 1. The number of halogens is 1. The molecule has 0 saturated heterocycles. The molecule has 0 bridgehead atoms. The summed E-state index contributed by atoms with van der Waals surface area (Å²) in [4.78, 5) is 17.1. The molecule has 0 spiro atoms. The van der Waals surface area contributed by atoms with Crippen LogP contribution in [0, 0.1) is 12.7 Å². The number of rotatable bonds is 3. The second-order valence-electron chi connectivity index (χ2n) is 7.73. The van der Waals surface area contributed by atoms with Crippen molar-refractivity contribution in [2.75, 3.05) is 0 Å². The summed E-state index contributed by atoms with van der Waals surface area (Å²) in [7, 11) is 1.87. The SMILES string of the molecule is Cc1cc(F)cc(-c2ccnc3nc(-c4n[nH]c5ccc(-c6cnn(C)c6)nc45)[nH]c23)c1. The largest absolute Gasteiger partial charge is 0.335 e. The van der Waals surface area contributed by atoms with Crippen molar-refractivity contribution in [3.05, 3.63) is 66.4 Å². The molecule has 0 aliphatic carbocycles. The summed E-state index contributed by atoms with van der Waals surface area (Å²) in [6.07, 6.45) is 5.35. The number of pyridine rings is 2. The van der Waals surface area contributed by atoms with Crippen LogP contribution in [0.5, 0.6) is 0 Å². The number of hydrogen-bond acceptors (Lipinski definition) is 5. The molecule has 0 radical (unpaired) electrons. The van der Waals surface area contributed by atoms with Crippen molar-refractivity contribution in [3.63, 3.8) is 0 Å². The van der Waals surface area contributed by atoms with Gasteiger partial charge in [-0.05, 0) is 48.4 Å². The highest BCUT2D eigenvalue weighted by Crippen LogP contribution is 2.31. The number of aromatic nitrogens is 8. The Morgan fingerprint density at radius 3 is 2.75 bits per heavy atom. The Morgan fingerprint density at radius 1 is 1.03 bits per heavy atom. The van der Waals surface area contributed by atoms with Gasteiger partial charge in [0.05, 0.1) is 22.9 Å². The normalized spacial score (nSPS) is 11.6. The Bertz CT molecular complexity index is 1600. The zero-order chi connectivity index (χ0) is 21.8. The molecule has 0 atom stereocenters. The van der Waals surface area contributed by atoms with Crippen molar-refractivity contribution in [2.45, 2.75) is 6.92 Å². The van der Waals surface area contributed by atoms with Crippen LogP contribution in [-0.2, 0) is 7.05 Å². The lowest BCUT2D eigenvalue weighted by Gasteiger charge is -2.04.